The summed E-state index contributed by atoms with van der Waals surface area (Å²) in [5.74, 6) is 0. The zero-order valence-electron chi connectivity index (χ0n) is 8.22. The van der Waals surface area contributed by atoms with E-state index in [0.717, 1.165) is 17.7 Å². The van der Waals surface area contributed by atoms with Gasteiger partial charge in [0.1, 0.15) is 0 Å². The van der Waals surface area contributed by atoms with E-state index in [9.17, 15) is 13.2 Å². The van der Waals surface area contributed by atoms with Crippen molar-refractivity contribution in [1.82, 2.24) is 0 Å². The second kappa shape index (κ2) is 5.01. The highest BCUT2D eigenvalue weighted by Gasteiger charge is 2.29. The van der Waals surface area contributed by atoms with E-state index in [-0.39, 0.29) is 0 Å². The molecule has 1 aromatic carbocycles. The van der Waals surface area contributed by atoms with Gasteiger partial charge in [-0.3, -0.25) is 0 Å². The van der Waals surface area contributed by atoms with E-state index in [2.05, 4.69) is 6.92 Å². The second-order valence-electron chi connectivity index (χ2n) is 3.16. The molecule has 0 unspecified atom stereocenters. The fourth-order valence-electron chi connectivity index (χ4n) is 1.17. The zero-order valence-corrected chi connectivity index (χ0v) is 8.22. The van der Waals surface area contributed by atoms with Crippen molar-refractivity contribution in [3.8, 4) is 0 Å². The van der Waals surface area contributed by atoms with Gasteiger partial charge >= 0.3 is 6.18 Å². The van der Waals surface area contributed by atoms with Crippen LogP contribution in [0.25, 0.3) is 0 Å². The number of halogens is 3. The van der Waals surface area contributed by atoms with Gasteiger partial charge in [0, 0.05) is 0 Å². The maximum Gasteiger partial charge on any atom is 0.416 e. The summed E-state index contributed by atoms with van der Waals surface area (Å²) in [7, 11) is 0. The van der Waals surface area contributed by atoms with Crippen LogP contribution in [0, 0.1) is 6.92 Å². The summed E-state index contributed by atoms with van der Waals surface area (Å²) in [5, 5.41) is 0. The molecule has 0 saturated heterocycles. The van der Waals surface area contributed by atoms with Crippen LogP contribution in [0.4, 0.5) is 13.2 Å². The van der Waals surface area contributed by atoms with Gasteiger partial charge in [0.2, 0.25) is 0 Å². The summed E-state index contributed by atoms with van der Waals surface area (Å²) in [6, 6.07) is 5.20. The summed E-state index contributed by atoms with van der Waals surface area (Å²) in [6.45, 7) is 3.63. The van der Waals surface area contributed by atoms with Crippen LogP contribution in [0.15, 0.2) is 36.4 Å². The highest BCUT2D eigenvalue weighted by molar-refractivity contribution is 5.25. The number of hydrogen-bond acceptors (Lipinski definition) is 0. The van der Waals surface area contributed by atoms with E-state index in [1.165, 1.54) is 12.1 Å². The van der Waals surface area contributed by atoms with Gasteiger partial charge in [-0.1, -0.05) is 24.3 Å². The average molecular weight is 213 g/mol. The maximum absolute atomic E-state index is 12.2. The van der Waals surface area contributed by atoms with Crippen molar-refractivity contribution in [1.29, 1.82) is 0 Å². The van der Waals surface area contributed by atoms with E-state index < -0.39 is 11.7 Å². The Balaban J connectivity index is 2.69. The van der Waals surface area contributed by atoms with Crippen LogP contribution in [0.2, 0.25) is 0 Å². The second-order valence-corrected chi connectivity index (χ2v) is 3.16. The summed E-state index contributed by atoms with van der Waals surface area (Å²) in [4.78, 5) is 0. The monoisotopic (exact) mass is 213 g/mol. The Morgan fingerprint density at radius 2 is 1.67 bits per heavy atom. The van der Waals surface area contributed by atoms with Crippen LogP contribution in [-0.4, -0.2) is 0 Å². The first-order valence-corrected chi connectivity index (χ1v) is 4.64. The predicted octanol–water partition coefficient (Wildman–Crippen LogP) is 4.03. The molecule has 0 atom stereocenters. The van der Waals surface area contributed by atoms with E-state index in [1.807, 2.05) is 12.2 Å². The topological polar surface area (TPSA) is 0 Å². The molecule has 0 saturated carbocycles. The minimum atomic E-state index is -4.25. The summed E-state index contributed by atoms with van der Waals surface area (Å²) in [5.41, 5.74) is 0.264. The Labute approximate surface area is 87.4 Å². The van der Waals surface area contributed by atoms with Crippen molar-refractivity contribution in [3.05, 3.63) is 54.5 Å². The molecule has 0 N–H and O–H groups in total. The fraction of sp³-hybridized carbons (Fsp3) is 0.250. The molecule has 0 fully saturated rings. The molecule has 1 aromatic rings. The minimum absolute atomic E-state index is 0.604. The quantitative estimate of drug-likeness (QED) is 0.665. The molecule has 0 aliphatic heterocycles. The largest absolute Gasteiger partial charge is 0.416 e. The lowest BCUT2D eigenvalue weighted by Gasteiger charge is -2.06. The van der Waals surface area contributed by atoms with E-state index in [4.69, 9.17) is 0 Å². The standard InChI is InChI=1S/C12H12F3/c1-2-3-4-5-10-6-8-11(9-7-10)12(13,14)15/h3-4,6-9H,1-2,5H2. The number of rotatable bonds is 3. The third kappa shape index (κ3) is 3.78. The van der Waals surface area contributed by atoms with Gasteiger partial charge in [-0.25, -0.2) is 0 Å². The van der Waals surface area contributed by atoms with Crippen molar-refractivity contribution in [2.75, 3.05) is 0 Å². The molecule has 0 aliphatic carbocycles. The Hall–Kier alpha value is -1.25. The molecule has 0 nitrogen and oxygen atoms in total. The lowest BCUT2D eigenvalue weighted by atomic mass is 10.1. The first-order chi connectivity index (χ1) is 7.04. The highest BCUT2D eigenvalue weighted by atomic mass is 19.4. The minimum Gasteiger partial charge on any atom is -0.166 e. The van der Waals surface area contributed by atoms with E-state index >= 15 is 0 Å². The van der Waals surface area contributed by atoms with Crippen molar-refractivity contribution in [2.45, 2.75) is 19.0 Å². The first kappa shape index (κ1) is 11.8. The highest BCUT2D eigenvalue weighted by Crippen LogP contribution is 2.29. The molecular weight excluding hydrogens is 201 g/mol. The molecule has 0 amide bonds. The van der Waals surface area contributed by atoms with Crippen LogP contribution in [0.1, 0.15) is 17.5 Å². The van der Waals surface area contributed by atoms with Gasteiger partial charge < -0.3 is 0 Å². The lowest BCUT2D eigenvalue weighted by molar-refractivity contribution is -0.137. The number of hydrogen-bond donors (Lipinski definition) is 0. The molecule has 1 radical (unpaired) electrons. The Morgan fingerprint density at radius 1 is 1.07 bits per heavy atom. The average Bonchev–Trinajstić information content (AvgIpc) is 2.18. The molecule has 15 heavy (non-hydrogen) atoms. The fourth-order valence-corrected chi connectivity index (χ4v) is 1.17. The van der Waals surface area contributed by atoms with Crippen molar-refractivity contribution < 1.29 is 13.2 Å². The summed E-state index contributed by atoms with van der Waals surface area (Å²) in [6.07, 6.45) is 0.878. The summed E-state index contributed by atoms with van der Waals surface area (Å²) < 4.78 is 36.6. The van der Waals surface area contributed by atoms with E-state index in [1.54, 1.807) is 0 Å². The Kier molecular flexibility index (Phi) is 3.95. The molecule has 0 spiro atoms. The first-order valence-electron chi connectivity index (χ1n) is 4.64. The normalized spacial score (nSPS) is 12.3. The molecule has 3 heteroatoms. The Bertz CT molecular complexity index is 320. The van der Waals surface area contributed by atoms with Gasteiger partial charge in [-0.2, -0.15) is 13.2 Å². The number of allylic oxidation sites excluding steroid dienone is 2. The van der Waals surface area contributed by atoms with Crippen LogP contribution in [-0.2, 0) is 12.6 Å². The zero-order chi connectivity index (χ0) is 11.3. The van der Waals surface area contributed by atoms with Gasteiger partial charge in [0.05, 0.1) is 5.56 Å². The molecular formula is C12H12F3. The molecule has 81 valence electrons. The molecule has 1 rings (SSSR count). The van der Waals surface area contributed by atoms with Crippen molar-refractivity contribution in [2.24, 2.45) is 0 Å². The third-order valence-electron chi connectivity index (χ3n) is 1.97. The summed E-state index contributed by atoms with van der Waals surface area (Å²) >= 11 is 0. The van der Waals surface area contributed by atoms with Gasteiger partial charge in [0.15, 0.2) is 0 Å². The molecule has 0 bridgehead atoms. The van der Waals surface area contributed by atoms with Crippen molar-refractivity contribution in [3.63, 3.8) is 0 Å². The van der Waals surface area contributed by atoms with Gasteiger partial charge in [-0.05, 0) is 37.5 Å². The van der Waals surface area contributed by atoms with Crippen LogP contribution in [0.3, 0.4) is 0 Å². The smallest absolute Gasteiger partial charge is 0.166 e. The van der Waals surface area contributed by atoms with E-state index in [0.29, 0.717) is 12.8 Å². The molecule has 0 aliphatic rings. The molecule has 0 heterocycles. The number of benzene rings is 1. The lowest BCUT2D eigenvalue weighted by Crippen LogP contribution is -2.04. The van der Waals surface area contributed by atoms with Crippen molar-refractivity contribution >= 4 is 0 Å². The third-order valence-corrected chi connectivity index (χ3v) is 1.97. The predicted molar refractivity (Wildman–Crippen MR) is 54.3 cm³/mol. The van der Waals surface area contributed by atoms with Crippen LogP contribution in [0.5, 0.6) is 0 Å². The number of alkyl halides is 3. The maximum atomic E-state index is 12.2. The van der Waals surface area contributed by atoms with Crippen LogP contribution < -0.4 is 0 Å². The molecule has 0 aromatic heterocycles. The van der Waals surface area contributed by atoms with Gasteiger partial charge in [-0.15, -0.1) is 0 Å². The Morgan fingerprint density at radius 3 is 2.13 bits per heavy atom. The van der Waals surface area contributed by atoms with Gasteiger partial charge in [0.25, 0.3) is 0 Å². The SMILES string of the molecule is [CH2]CC=CCc1ccc(C(F)(F)F)cc1. The van der Waals surface area contributed by atoms with Crippen LogP contribution >= 0.6 is 0 Å².